The summed E-state index contributed by atoms with van der Waals surface area (Å²) < 4.78 is 81.4. The van der Waals surface area contributed by atoms with Crippen molar-refractivity contribution < 1.29 is 31.4 Å². The second-order valence-electron chi connectivity index (χ2n) is 10.6. The molecule has 0 aromatic heterocycles. The Labute approximate surface area is 194 Å². The lowest BCUT2D eigenvalue weighted by Gasteiger charge is -2.34. The Morgan fingerprint density at radius 2 is 1.15 bits per heavy atom. The molecule has 0 amide bonds. The molecule has 0 N–H and O–H groups in total. The summed E-state index contributed by atoms with van der Waals surface area (Å²) in [6.07, 6.45) is 0. The van der Waals surface area contributed by atoms with Crippen LogP contribution in [0, 0.1) is 29.1 Å². The molecule has 0 aliphatic heterocycles. The van der Waals surface area contributed by atoms with Crippen LogP contribution in [0.3, 0.4) is 0 Å². The molecular formula is C25H32F5O2P. The van der Waals surface area contributed by atoms with Gasteiger partial charge in [0.2, 0.25) is 5.82 Å². The standard InChI is InChI=1S/C25H32F5O2P/c1-23(2,3)13-10-14(24(4,5)6)21(32-12-31-9)15(11-13)25(7,8)33-22-19(29)17(27)16(26)18(28)20(22)30/h10-11,33H,12H2,1-9H3. The molecule has 2 aromatic carbocycles. The smallest absolute Gasteiger partial charge is 0.200 e. The van der Waals surface area contributed by atoms with Crippen molar-refractivity contribution in [2.75, 3.05) is 13.9 Å². The molecule has 0 aliphatic carbocycles. The van der Waals surface area contributed by atoms with E-state index in [2.05, 4.69) is 0 Å². The highest BCUT2D eigenvalue weighted by Crippen LogP contribution is 2.50. The van der Waals surface area contributed by atoms with Crippen LogP contribution in [0.25, 0.3) is 0 Å². The lowest BCUT2D eigenvalue weighted by atomic mass is 9.77. The Hall–Kier alpha value is -1.72. The summed E-state index contributed by atoms with van der Waals surface area (Å²) >= 11 is 0. The molecule has 0 aliphatic rings. The van der Waals surface area contributed by atoms with E-state index in [1.165, 1.54) is 7.11 Å². The lowest BCUT2D eigenvalue weighted by molar-refractivity contribution is 0.0487. The quantitative estimate of drug-likeness (QED) is 0.140. The van der Waals surface area contributed by atoms with Gasteiger partial charge >= 0.3 is 0 Å². The minimum absolute atomic E-state index is 0.0628. The minimum atomic E-state index is -2.16. The predicted octanol–water partition coefficient (Wildman–Crippen LogP) is 7.20. The largest absolute Gasteiger partial charge is 0.467 e. The van der Waals surface area contributed by atoms with Crippen LogP contribution < -0.4 is 10.0 Å². The van der Waals surface area contributed by atoms with Crippen molar-refractivity contribution in [2.24, 2.45) is 0 Å². The van der Waals surface area contributed by atoms with Crippen LogP contribution in [0.4, 0.5) is 22.0 Å². The Morgan fingerprint density at radius 1 is 0.697 bits per heavy atom. The van der Waals surface area contributed by atoms with Gasteiger partial charge in [-0.3, -0.25) is 0 Å². The molecule has 8 heteroatoms. The Kier molecular flexibility index (Phi) is 7.92. The van der Waals surface area contributed by atoms with E-state index in [4.69, 9.17) is 9.47 Å². The van der Waals surface area contributed by atoms with E-state index in [1.807, 2.05) is 53.7 Å². The molecule has 0 saturated heterocycles. The molecule has 2 rings (SSSR count). The maximum Gasteiger partial charge on any atom is 0.200 e. The molecule has 2 aromatic rings. The number of rotatable bonds is 6. The summed E-state index contributed by atoms with van der Waals surface area (Å²) in [5.41, 5.74) is 1.81. The molecule has 184 valence electrons. The lowest BCUT2D eigenvalue weighted by Crippen LogP contribution is -2.26. The number of benzene rings is 2. The highest BCUT2D eigenvalue weighted by molar-refractivity contribution is 7.48. The minimum Gasteiger partial charge on any atom is -0.467 e. The van der Waals surface area contributed by atoms with E-state index in [-0.39, 0.29) is 17.6 Å². The monoisotopic (exact) mass is 490 g/mol. The van der Waals surface area contributed by atoms with Crippen LogP contribution in [0.2, 0.25) is 0 Å². The van der Waals surface area contributed by atoms with Crippen LogP contribution in [-0.2, 0) is 20.7 Å². The van der Waals surface area contributed by atoms with Gasteiger partial charge < -0.3 is 9.47 Å². The fraction of sp³-hybridized carbons (Fsp3) is 0.520. The van der Waals surface area contributed by atoms with Crippen LogP contribution in [0.1, 0.15) is 72.1 Å². The molecule has 1 atom stereocenters. The Bertz CT molecular complexity index is 1010. The van der Waals surface area contributed by atoms with Crippen molar-refractivity contribution >= 4 is 13.9 Å². The number of halogens is 5. The third-order valence-electron chi connectivity index (χ3n) is 5.40. The molecule has 0 spiro atoms. The van der Waals surface area contributed by atoms with Gasteiger partial charge in [-0.15, -0.1) is 0 Å². The van der Waals surface area contributed by atoms with E-state index in [0.29, 0.717) is 11.3 Å². The summed E-state index contributed by atoms with van der Waals surface area (Å²) in [4.78, 5) is 0. The highest BCUT2D eigenvalue weighted by Gasteiger charge is 2.36. The summed E-state index contributed by atoms with van der Waals surface area (Å²) in [6.45, 7) is 15.5. The molecule has 0 fully saturated rings. The van der Waals surface area contributed by atoms with Gasteiger partial charge in [-0.25, -0.2) is 22.0 Å². The van der Waals surface area contributed by atoms with Crippen molar-refractivity contribution in [1.29, 1.82) is 0 Å². The molecule has 2 nitrogen and oxygen atoms in total. The molecule has 0 heterocycles. The van der Waals surface area contributed by atoms with Crippen molar-refractivity contribution in [3.63, 3.8) is 0 Å². The van der Waals surface area contributed by atoms with E-state index in [9.17, 15) is 22.0 Å². The highest BCUT2D eigenvalue weighted by atomic mass is 31.1. The first-order valence-corrected chi connectivity index (χ1v) is 11.5. The first-order valence-electron chi connectivity index (χ1n) is 10.5. The van der Waals surface area contributed by atoms with Crippen molar-refractivity contribution in [2.45, 2.75) is 71.4 Å². The topological polar surface area (TPSA) is 18.5 Å². The fourth-order valence-corrected chi connectivity index (χ4v) is 4.84. The van der Waals surface area contributed by atoms with Gasteiger partial charge in [-0.2, -0.15) is 0 Å². The van der Waals surface area contributed by atoms with Crippen molar-refractivity contribution in [3.8, 4) is 5.75 Å². The van der Waals surface area contributed by atoms with Gasteiger partial charge in [0.15, 0.2) is 30.1 Å². The van der Waals surface area contributed by atoms with E-state index in [0.717, 1.165) is 11.1 Å². The van der Waals surface area contributed by atoms with E-state index >= 15 is 0 Å². The summed E-state index contributed by atoms with van der Waals surface area (Å²) in [7, 11) is 0.713. The van der Waals surface area contributed by atoms with Crippen LogP contribution >= 0.6 is 8.58 Å². The first kappa shape index (κ1) is 27.5. The van der Waals surface area contributed by atoms with Crippen LogP contribution in [0.15, 0.2) is 12.1 Å². The van der Waals surface area contributed by atoms with Crippen molar-refractivity contribution in [1.82, 2.24) is 0 Å². The normalized spacial score (nSPS) is 13.3. The van der Waals surface area contributed by atoms with Gasteiger partial charge in [0, 0.05) is 23.4 Å². The molecule has 1 unspecified atom stereocenters. The Morgan fingerprint density at radius 3 is 1.58 bits per heavy atom. The van der Waals surface area contributed by atoms with Crippen LogP contribution in [0.5, 0.6) is 5.75 Å². The number of hydrogen-bond acceptors (Lipinski definition) is 2. The average Bonchev–Trinajstić information content (AvgIpc) is 2.70. The molecule has 33 heavy (non-hydrogen) atoms. The average molecular weight is 490 g/mol. The number of methoxy groups -OCH3 is 1. The van der Waals surface area contributed by atoms with Gasteiger partial charge in [-0.1, -0.05) is 76.1 Å². The molecular weight excluding hydrogens is 458 g/mol. The zero-order valence-corrected chi connectivity index (χ0v) is 21.6. The number of ether oxygens (including phenoxy) is 2. The summed E-state index contributed by atoms with van der Waals surface area (Å²) in [6, 6.07) is 3.92. The first-order chi connectivity index (χ1) is 14.9. The summed E-state index contributed by atoms with van der Waals surface area (Å²) in [5.74, 6) is -9.17. The third-order valence-corrected chi connectivity index (χ3v) is 6.99. The predicted molar refractivity (Wildman–Crippen MR) is 124 cm³/mol. The van der Waals surface area contributed by atoms with E-state index < -0.39 is 48.1 Å². The second-order valence-corrected chi connectivity index (χ2v) is 12.6. The van der Waals surface area contributed by atoms with Gasteiger partial charge in [0.1, 0.15) is 5.75 Å². The summed E-state index contributed by atoms with van der Waals surface area (Å²) in [5, 5.41) is -1.85. The maximum atomic E-state index is 14.5. The number of hydrogen-bond donors (Lipinski definition) is 0. The molecule has 0 bridgehead atoms. The molecule has 0 radical (unpaired) electrons. The van der Waals surface area contributed by atoms with Crippen molar-refractivity contribution in [3.05, 3.63) is 57.9 Å². The van der Waals surface area contributed by atoms with E-state index in [1.54, 1.807) is 13.8 Å². The van der Waals surface area contributed by atoms with Gasteiger partial charge in [0.05, 0.1) is 5.30 Å². The molecule has 0 saturated carbocycles. The fourth-order valence-electron chi connectivity index (χ4n) is 3.45. The second kappa shape index (κ2) is 9.50. The Balaban J connectivity index is 2.83. The SMILES string of the molecule is COCOc1c(C(C)(C)C)cc(C(C)(C)C)cc1C(C)(C)Pc1c(F)c(F)c(F)c(F)c1F. The van der Waals surface area contributed by atoms with Crippen LogP contribution in [-0.4, -0.2) is 13.9 Å². The third kappa shape index (κ3) is 5.68. The maximum absolute atomic E-state index is 14.5. The zero-order chi connectivity index (χ0) is 25.5. The zero-order valence-electron chi connectivity index (χ0n) is 20.6. The van der Waals surface area contributed by atoms with Gasteiger partial charge in [0.25, 0.3) is 0 Å². The van der Waals surface area contributed by atoms with Gasteiger partial charge in [-0.05, 0) is 16.4 Å².